The predicted molar refractivity (Wildman–Crippen MR) is 151 cm³/mol. The number of aromatic nitrogens is 2. The molecule has 6 rings (SSSR count). The topological polar surface area (TPSA) is 81.7 Å². The maximum absolute atomic E-state index is 13.9. The van der Waals surface area contributed by atoms with Crippen LogP contribution in [0.2, 0.25) is 0 Å². The average molecular weight is 543 g/mol. The molecule has 3 aliphatic heterocycles. The van der Waals surface area contributed by atoms with Gasteiger partial charge in [0.2, 0.25) is 5.91 Å². The summed E-state index contributed by atoms with van der Waals surface area (Å²) < 4.78 is 13.4. The number of carbonyl (C=O) groups excluding carboxylic acids is 2. The van der Waals surface area contributed by atoms with E-state index >= 15 is 0 Å². The van der Waals surface area contributed by atoms with Crippen molar-refractivity contribution in [1.29, 1.82) is 0 Å². The van der Waals surface area contributed by atoms with E-state index in [1.165, 1.54) is 12.1 Å². The Labute approximate surface area is 234 Å². The Morgan fingerprint density at radius 2 is 1.90 bits per heavy atom. The average Bonchev–Trinajstić information content (AvgIpc) is 3.39. The first-order valence-corrected chi connectivity index (χ1v) is 13.9. The highest BCUT2D eigenvalue weighted by atomic mass is 19.1. The molecule has 2 aromatic carbocycles. The summed E-state index contributed by atoms with van der Waals surface area (Å²) in [6.07, 6.45) is 0.507. The highest BCUT2D eigenvalue weighted by Crippen LogP contribution is 2.39. The van der Waals surface area contributed by atoms with Crippen molar-refractivity contribution in [3.05, 3.63) is 88.5 Å². The Bertz CT molecular complexity index is 1440. The van der Waals surface area contributed by atoms with Gasteiger partial charge in [-0.3, -0.25) is 14.5 Å². The molecule has 0 radical (unpaired) electrons. The number of nitrogens with one attached hydrogen (secondary N) is 1. The van der Waals surface area contributed by atoms with E-state index in [1.54, 1.807) is 12.1 Å². The van der Waals surface area contributed by atoms with Crippen molar-refractivity contribution in [2.75, 3.05) is 37.6 Å². The molecular weight excluding hydrogens is 507 g/mol. The highest BCUT2D eigenvalue weighted by Gasteiger charge is 2.41. The van der Waals surface area contributed by atoms with E-state index in [1.807, 2.05) is 40.1 Å². The summed E-state index contributed by atoms with van der Waals surface area (Å²) in [6, 6.07) is 16.4. The Kier molecular flexibility index (Phi) is 6.88. The van der Waals surface area contributed by atoms with Gasteiger partial charge in [-0.05, 0) is 42.3 Å². The number of hydrogen-bond donors (Lipinski definition) is 1. The van der Waals surface area contributed by atoms with Gasteiger partial charge in [0.25, 0.3) is 5.91 Å². The molecule has 1 N–H and O–H groups in total. The zero-order valence-corrected chi connectivity index (χ0v) is 23.2. The van der Waals surface area contributed by atoms with Gasteiger partial charge in [0.05, 0.1) is 23.6 Å². The maximum Gasteiger partial charge on any atom is 0.254 e. The highest BCUT2D eigenvalue weighted by molar-refractivity contribution is 5.98. The van der Waals surface area contributed by atoms with E-state index in [0.717, 1.165) is 40.3 Å². The lowest BCUT2D eigenvalue weighted by Crippen LogP contribution is -2.60. The summed E-state index contributed by atoms with van der Waals surface area (Å²) in [7, 11) is 0. The summed E-state index contributed by atoms with van der Waals surface area (Å²) in [5.74, 6) is -0.202. The van der Waals surface area contributed by atoms with Gasteiger partial charge in [0.1, 0.15) is 5.82 Å². The SMILES string of the molecule is CC1CN(CC(=O)N2CC(C)(C)c3nnc(Cc4ccc(F)cc4)cc32)C(CN2Cc3ccccc3C2=O)CN1. The van der Waals surface area contributed by atoms with Gasteiger partial charge in [0.15, 0.2) is 0 Å². The number of fused-ring (bicyclic) bond motifs is 2. The molecule has 40 heavy (non-hydrogen) atoms. The largest absolute Gasteiger partial charge is 0.333 e. The lowest BCUT2D eigenvalue weighted by Gasteiger charge is -2.41. The molecule has 3 aromatic rings. The van der Waals surface area contributed by atoms with Crippen LogP contribution < -0.4 is 10.2 Å². The van der Waals surface area contributed by atoms with Crippen molar-refractivity contribution in [2.24, 2.45) is 0 Å². The second-order valence-electron chi connectivity index (χ2n) is 12.0. The van der Waals surface area contributed by atoms with E-state index in [9.17, 15) is 14.0 Å². The van der Waals surface area contributed by atoms with Crippen LogP contribution in [0.4, 0.5) is 10.1 Å². The van der Waals surface area contributed by atoms with Gasteiger partial charge < -0.3 is 15.1 Å². The van der Waals surface area contributed by atoms with Gasteiger partial charge in [-0.15, -0.1) is 0 Å². The molecule has 2 atom stereocenters. The van der Waals surface area contributed by atoms with E-state index in [0.29, 0.717) is 32.6 Å². The first-order chi connectivity index (χ1) is 19.2. The predicted octanol–water partition coefficient (Wildman–Crippen LogP) is 3.15. The van der Waals surface area contributed by atoms with Gasteiger partial charge in [-0.1, -0.05) is 44.2 Å². The number of amides is 2. The van der Waals surface area contributed by atoms with Crippen LogP contribution in [0.25, 0.3) is 0 Å². The normalized spacial score (nSPS) is 21.9. The van der Waals surface area contributed by atoms with Gasteiger partial charge in [-0.25, -0.2) is 4.39 Å². The molecule has 1 fully saturated rings. The van der Waals surface area contributed by atoms with Crippen LogP contribution in [0, 0.1) is 5.82 Å². The molecule has 8 nitrogen and oxygen atoms in total. The van der Waals surface area contributed by atoms with Crippen molar-refractivity contribution in [1.82, 2.24) is 25.3 Å². The fourth-order valence-electron chi connectivity index (χ4n) is 6.16. The molecule has 1 aromatic heterocycles. The summed E-state index contributed by atoms with van der Waals surface area (Å²) in [6.45, 7) is 9.68. The molecule has 208 valence electrons. The molecule has 2 amide bonds. The number of rotatable bonds is 6. The monoisotopic (exact) mass is 542 g/mol. The van der Waals surface area contributed by atoms with Gasteiger partial charge in [0, 0.05) is 62.2 Å². The first kappa shape index (κ1) is 26.5. The molecule has 0 saturated carbocycles. The molecule has 9 heteroatoms. The molecule has 0 bridgehead atoms. The summed E-state index contributed by atoms with van der Waals surface area (Å²) in [5, 5.41) is 12.5. The van der Waals surface area contributed by atoms with Crippen LogP contribution in [0.3, 0.4) is 0 Å². The quantitative estimate of drug-likeness (QED) is 0.516. The lowest BCUT2D eigenvalue weighted by atomic mass is 9.91. The molecule has 3 aliphatic rings. The Balaban J connectivity index is 1.19. The number of hydrogen-bond acceptors (Lipinski definition) is 6. The lowest BCUT2D eigenvalue weighted by molar-refractivity contribution is -0.120. The van der Waals surface area contributed by atoms with Gasteiger partial charge >= 0.3 is 0 Å². The molecule has 1 saturated heterocycles. The smallest absolute Gasteiger partial charge is 0.254 e. The Morgan fingerprint density at radius 3 is 2.67 bits per heavy atom. The van der Waals surface area contributed by atoms with Crippen LogP contribution in [-0.4, -0.2) is 76.6 Å². The van der Waals surface area contributed by atoms with Gasteiger partial charge in [-0.2, -0.15) is 10.2 Å². The Hall–Kier alpha value is -3.69. The minimum absolute atomic E-state index is 0.0164. The molecule has 4 heterocycles. The molecular formula is C31H35FN6O2. The fourth-order valence-corrected chi connectivity index (χ4v) is 6.16. The molecule has 0 aliphatic carbocycles. The number of carbonyl (C=O) groups is 2. The molecule has 2 unspecified atom stereocenters. The number of anilines is 1. The van der Waals surface area contributed by atoms with Crippen LogP contribution in [0.5, 0.6) is 0 Å². The first-order valence-electron chi connectivity index (χ1n) is 13.9. The fraction of sp³-hybridized carbons (Fsp3) is 0.419. The van der Waals surface area contributed by atoms with Crippen LogP contribution in [0.15, 0.2) is 54.6 Å². The number of benzene rings is 2. The number of nitrogens with zero attached hydrogens (tertiary/aromatic N) is 5. The standard InChI is InChI=1S/C31H35FN6O2/c1-20-15-36(25(14-33-20)17-37-16-22-6-4-5-7-26(22)30(37)40)18-28(39)38-19-31(2,3)29-27(38)13-24(34-35-29)12-21-8-10-23(32)11-9-21/h4-11,13,20,25,33H,12,14-19H2,1-3H3. The van der Waals surface area contributed by atoms with E-state index in [2.05, 4.69) is 41.2 Å². The summed E-state index contributed by atoms with van der Waals surface area (Å²) in [5.41, 5.74) is 4.79. The number of halogens is 1. The zero-order valence-electron chi connectivity index (χ0n) is 23.2. The number of piperazine rings is 1. The third-order valence-corrected chi connectivity index (χ3v) is 8.30. The van der Waals surface area contributed by atoms with E-state index in [4.69, 9.17) is 0 Å². The summed E-state index contributed by atoms with van der Waals surface area (Å²) in [4.78, 5) is 32.9. The van der Waals surface area contributed by atoms with Crippen molar-refractivity contribution in [2.45, 2.75) is 51.2 Å². The minimum Gasteiger partial charge on any atom is -0.333 e. The summed E-state index contributed by atoms with van der Waals surface area (Å²) >= 11 is 0. The third-order valence-electron chi connectivity index (χ3n) is 8.30. The van der Waals surface area contributed by atoms with Crippen molar-refractivity contribution >= 4 is 17.5 Å². The molecule has 0 spiro atoms. The zero-order chi connectivity index (χ0) is 28.0. The van der Waals surface area contributed by atoms with Crippen molar-refractivity contribution in [3.8, 4) is 0 Å². The third kappa shape index (κ3) is 5.11. The second-order valence-corrected chi connectivity index (χ2v) is 12.0. The van der Waals surface area contributed by atoms with Crippen LogP contribution in [0.1, 0.15) is 53.6 Å². The maximum atomic E-state index is 13.9. The minimum atomic E-state index is -0.323. The second kappa shape index (κ2) is 10.4. The van der Waals surface area contributed by atoms with E-state index in [-0.39, 0.29) is 41.7 Å². The van der Waals surface area contributed by atoms with Crippen LogP contribution in [-0.2, 0) is 23.2 Å². The van der Waals surface area contributed by atoms with Crippen molar-refractivity contribution in [3.63, 3.8) is 0 Å². The van der Waals surface area contributed by atoms with Crippen molar-refractivity contribution < 1.29 is 14.0 Å². The van der Waals surface area contributed by atoms with Crippen LogP contribution >= 0.6 is 0 Å². The Morgan fingerprint density at radius 1 is 1.12 bits per heavy atom. The van der Waals surface area contributed by atoms with E-state index < -0.39 is 0 Å².